The number of hydrogen-bond donors (Lipinski definition) is 1. The van der Waals surface area contributed by atoms with Gasteiger partial charge in [0, 0.05) is 6.42 Å². The minimum absolute atomic E-state index is 0.171. The van der Waals surface area contributed by atoms with Gasteiger partial charge in [-0.05, 0) is 25.8 Å². The zero-order valence-corrected chi connectivity index (χ0v) is 11.8. The Morgan fingerprint density at radius 3 is 2.53 bits per heavy atom. The van der Waals surface area contributed by atoms with Gasteiger partial charge in [0.2, 0.25) is 0 Å². The van der Waals surface area contributed by atoms with Crippen LogP contribution in [0, 0.1) is 0 Å². The fourth-order valence-corrected chi connectivity index (χ4v) is 1.81. The summed E-state index contributed by atoms with van der Waals surface area (Å²) in [7, 11) is 0. The first-order valence-corrected chi connectivity index (χ1v) is 6.57. The SMILES string of the molecule is CCC(C)OCCC(C)(OC(=O)O)c1ccccc1. The molecule has 0 radical (unpaired) electrons. The predicted molar refractivity (Wildman–Crippen MR) is 73.2 cm³/mol. The van der Waals surface area contributed by atoms with Gasteiger partial charge in [-0.15, -0.1) is 0 Å². The summed E-state index contributed by atoms with van der Waals surface area (Å²) in [6, 6.07) is 9.36. The maximum absolute atomic E-state index is 10.9. The molecule has 4 heteroatoms. The molecule has 0 bridgehead atoms. The number of ether oxygens (including phenoxy) is 2. The van der Waals surface area contributed by atoms with E-state index in [1.54, 1.807) is 6.92 Å². The van der Waals surface area contributed by atoms with Gasteiger partial charge in [0.25, 0.3) is 0 Å². The Labute approximate surface area is 114 Å². The fraction of sp³-hybridized carbons (Fsp3) is 0.533. The monoisotopic (exact) mass is 266 g/mol. The molecule has 0 amide bonds. The number of benzene rings is 1. The summed E-state index contributed by atoms with van der Waals surface area (Å²) in [6.45, 7) is 6.29. The summed E-state index contributed by atoms with van der Waals surface area (Å²) >= 11 is 0. The molecule has 106 valence electrons. The number of carbonyl (C=O) groups is 1. The van der Waals surface area contributed by atoms with Crippen molar-refractivity contribution in [3.63, 3.8) is 0 Å². The third-order valence-corrected chi connectivity index (χ3v) is 3.25. The van der Waals surface area contributed by atoms with Gasteiger partial charge in [-0.1, -0.05) is 37.3 Å². The van der Waals surface area contributed by atoms with Crippen LogP contribution in [0.2, 0.25) is 0 Å². The molecule has 0 heterocycles. The lowest BCUT2D eigenvalue weighted by Gasteiger charge is -2.29. The maximum atomic E-state index is 10.9. The first-order chi connectivity index (χ1) is 8.98. The van der Waals surface area contributed by atoms with Crippen LogP contribution in [0.4, 0.5) is 4.79 Å². The normalized spacial score (nSPS) is 15.5. The second-order valence-electron chi connectivity index (χ2n) is 4.80. The number of carboxylic acid groups (broad SMARTS) is 1. The van der Waals surface area contributed by atoms with Crippen LogP contribution in [0.1, 0.15) is 39.2 Å². The Bertz CT molecular complexity index is 390. The molecule has 19 heavy (non-hydrogen) atoms. The van der Waals surface area contributed by atoms with E-state index in [-0.39, 0.29) is 6.10 Å². The van der Waals surface area contributed by atoms with Crippen molar-refractivity contribution >= 4 is 6.16 Å². The second kappa shape index (κ2) is 7.14. The summed E-state index contributed by atoms with van der Waals surface area (Å²) in [5.74, 6) is 0. The molecule has 1 aromatic carbocycles. The van der Waals surface area contributed by atoms with Crippen LogP contribution in [0.15, 0.2) is 30.3 Å². The molecule has 0 aliphatic heterocycles. The molecule has 0 aliphatic carbocycles. The third-order valence-electron chi connectivity index (χ3n) is 3.25. The van der Waals surface area contributed by atoms with Gasteiger partial charge in [0.1, 0.15) is 5.60 Å². The van der Waals surface area contributed by atoms with Crippen LogP contribution >= 0.6 is 0 Å². The second-order valence-corrected chi connectivity index (χ2v) is 4.80. The molecule has 0 spiro atoms. The van der Waals surface area contributed by atoms with Crippen molar-refractivity contribution in [1.82, 2.24) is 0 Å². The van der Waals surface area contributed by atoms with Gasteiger partial charge in [0.15, 0.2) is 0 Å². The zero-order chi connectivity index (χ0) is 14.3. The predicted octanol–water partition coefficient (Wildman–Crippen LogP) is 3.80. The number of hydrogen-bond acceptors (Lipinski definition) is 3. The Kier molecular flexibility index (Phi) is 5.83. The van der Waals surface area contributed by atoms with E-state index < -0.39 is 11.8 Å². The average molecular weight is 266 g/mol. The van der Waals surface area contributed by atoms with E-state index in [4.69, 9.17) is 14.6 Å². The molecule has 0 aromatic heterocycles. The first-order valence-electron chi connectivity index (χ1n) is 6.57. The quantitative estimate of drug-likeness (QED) is 0.763. The van der Waals surface area contributed by atoms with Crippen LogP contribution in [-0.2, 0) is 15.1 Å². The number of rotatable bonds is 7. The highest BCUT2D eigenvalue weighted by Gasteiger charge is 2.31. The Balaban J connectivity index is 2.73. The van der Waals surface area contributed by atoms with Gasteiger partial charge in [-0.2, -0.15) is 0 Å². The standard InChI is InChI=1S/C15H22O4/c1-4-12(2)18-11-10-15(3,19-14(16)17)13-8-6-5-7-9-13/h5-9,12H,4,10-11H2,1-3H3,(H,16,17). The van der Waals surface area contributed by atoms with Crippen LogP contribution in [0.25, 0.3) is 0 Å². The fourth-order valence-electron chi connectivity index (χ4n) is 1.81. The molecule has 1 aromatic rings. The van der Waals surface area contributed by atoms with Crippen molar-refractivity contribution in [3.8, 4) is 0 Å². The minimum Gasteiger partial charge on any atom is -0.450 e. The van der Waals surface area contributed by atoms with Crippen molar-refractivity contribution in [2.24, 2.45) is 0 Å². The van der Waals surface area contributed by atoms with E-state index in [0.29, 0.717) is 13.0 Å². The lowest BCUT2D eigenvalue weighted by Crippen LogP contribution is -2.30. The summed E-state index contributed by atoms with van der Waals surface area (Å²) in [4.78, 5) is 10.9. The summed E-state index contributed by atoms with van der Waals surface area (Å²) in [6.07, 6.45) is 0.329. The maximum Gasteiger partial charge on any atom is 0.506 e. The van der Waals surface area contributed by atoms with Crippen LogP contribution in [0.5, 0.6) is 0 Å². The van der Waals surface area contributed by atoms with E-state index in [0.717, 1.165) is 12.0 Å². The van der Waals surface area contributed by atoms with Crippen molar-refractivity contribution in [3.05, 3.63) is 35.9 Å². The largest absolute Gasteiger partial charge is 0.506 e. The minimum atomic E-state index is -1.27. The van der Waals surface area contributed by atoms with E-state index in [2.05, 4.69) is 6.92 Å². The Hall–Kier alpha value is -1.55. The van der Waals surface area contributed by atoms with Crippen LogP contribution < -0.4 is 0 Å². The van der Waals surface area contributed by atoms with Gasteiger partial charge in [-0.25, -0.2) is 4.79 Å². The zero-order valence-electron chi connectivity index (χ0n) is 11.8. The highest BCUT2D eigenvalue weighted by atomic mass is 16.7. The molecule has 2 unspecified atom stereocenters. The molecule has 0 fully saturated rings. The molecule has 1 N–H and O–H groups in total. The van der Waals surface area contributed by atoms with E-state index in [1.165, 1.54) is 0 Å². The highest BCUT2D eigenvalue weighted by Crippen LogP contribution is 2.29. The van der Waals surface area contributed by atoms with Gasteiger partial charge >= 0.3 is 6.16 Å². The third kappa shape index (κ3) is 4.91. The van der Waals surface area contributed by atoms with Crippen LogP contribution in [-0.4, -0.2) is 24.0 Å². The molecule has 0 saturated carbocycles. The summed E-state index contributed by atoms with van der Waals surface area (Å²) < 4.78 is 10.7. The van der Waals surface area contributed by atoms with E-state index in [9.17, 15) is 4.79 Å². The van der Waals surface area contributed by atoms with E-state index >= 15 is 0 Å². The van der Waals surface area contributed by atoms with Crippen LogP contribution in [0.3, 0.4) is 0 Å². The van der Waals surface area contributed by atoms with Gasteiger partial charge in [-0.3, -0.25) is 0 Å². The first kappa shape index (κ1) is 15.5. The lowest BCUT2D eigenvalue weighted by molar-refractivity contribution is -0.0413. The Morgan fingerprint density at radius 2 is 2.00 bits per heavy atom. The summed E-state index contributed by atoms with van der Waals surface area (Å²) in [5.41, 5.74) is -0.0363. The highest BCUT2D eigenvalue weighted by molar-refractivity contribution is 5.58. The Morgan fingerprint density at radius 1 is 1.37 bits per heavy atom. The molecule has 1 rings (SSSR count). The lowest BCUT2D eigenvalue weighted by atomic mass is 9.92. The van der Waals surface area contributed by atoms with Crippen molar-refractivity contribution < 1.29 is 19.4 Å². The smallest absolute Gasteiger partial charge is 0.450 e. The average Bonchev–Trinajstić information content (AvgIpc) is 2.38. The van der Waals surface area contributed by atoms with Crippen molar-refractivity contribution in [2.75, 3.05) is 6.61 Å². The molecule has 4 nitrogen and oxygen atoms in total. The van der Waals surface area contributed by atoms with Gasteiger partial charge < -0.3 is 14.6 Å². The molecular weight excluding hydrogens is 244 g/mol. The molecule has 2 atom stereocenters. The topological polar surface area (TPSA) is 55.8 Å². The molecule has 0 saturated heterocycles. The summed E-state index contributed by atoms with van der Waals surface area (Å²) in [5, 5.41) is 8.90. The molecular formula is C15H22O4. The molecule has 0 aliphatic rings. The van der Waals surface area contributed by atoms with Gasteiger partial charge in [0.05, 0.1) is 12.7 Å². The van der Waals surface area contributed by atoms with Crippen molar-refractivity contribution in [1.29, 1.82) is 0 Å². The van der Waals surface area contributed by atoms with E-state index in [1.807, 2.05) is 37.3 Å². The van der Waals surface area contributed by atoms with Crippen molar-refractivity contribution in [2.45, 2.75) is 45.3 Å².